The number of halogens is 1. The zero-order valence-corrected chi connectivity index (χ0v) is 11.1. The van der Waals surface area contributed by atoms with Crippen LogP contribution >= 0.6 is 11.6 Å². The van der Waals surface area contributed by atoms with Crippen LogP contribution in [0, 0.1) is 6.92 Å². The first-order valence-corrected chi connectivity index (χ1v) is 6.07. The van der Waals surface area contributed by atoms with Gasteiger partial charge in [0, 0.05) is 0 Å². The minimum atomic E-state index is -0.141. The van der Waals surface area contributed by atoms with Crippen LogP contribution in [0.5, 0.6) is 0 Å². The van der Waals surface area contributed by atoms with Crippen LogP contribution in [0.25, 0.3) is 11.0 Å². The molecule has 7 nitrogen and oxygen atoms in total. The molecule has 0 spiro atoms. The predicted octanol–water partition coefficient (Wildman–Crippen LogP) is 2.48. The van der Waals surface area contributed by atoms with Crippen molar-refractivity contribution in [1.82, 2.24) is 25.1 Å². The van der Waals surface area contributed by atoms with Crippen molar-refractivity contribution in [2.45, 2.75) is 19.9 Å². The van der Waals surface area contributed by atoms with Crippen molar-refractivity contribution >= 4 is 28.5 Å². The third-order valence-electron chi connectivity index (χ3n) is 2.65. The third kappa shape index (κ3) is 2.24. The molecule has 0 amide bonds. The number of anilines is 1. The minimum Gasteiger partial charge on any atom is -0.444 e. The van der Waals surface area contributed by atoms with E-state index in [1.54, 1.807) is 12.4 Å². The number of oxazole rings is 1. The molecule has 0 radical (unpaired) electrons. The summed E-state index contributed by atoms with van der Waals surface area (Å²) in [6.07, 6.45) is 3.31. The number of aryl methyl sites for hydroxylation is 1. The molecule has 98 valence electrons. The fourth-order valence-electron chi connectivity index (χ4n) is 1.76. The number of aromatic amines is 1. The molecule has 2 N–H and O–H groups in total. The Balaban J connectivity index is 1.94. The van der Waals surface area contributed by atoms with Crippen LogP contribution < -0.4 is 5.32 Å². The lowest BCUT2D eigenvalue weighted by Crippen LogP contribution is -2.09. The minimum absolute atomic E-state index is 0.141. The van der Waals surface area contributed by atoms with Crippen molar-refractivity contribution in [2.75, 3.05) is 5.32 Å². The molecule has 19 heavy (non-hydrogen) atoms. The van der Waals surface area contributed by atoms with Gasteiger partial charge in [0.05, 0.1) is 17.8 Å². The molecule has 3 aromatic heterocycles. The van der Waals surface area contributed by atoms with Gasteiger partial charge >= 0.3 is 0 Å². The van der Waals surface area contributed by atoms with Gasteiger partial charge in [0.1, 0.15) is 17.6 Å². The normalized spacial score (nSPS) is 12.8. The second-order valence-electron chi connectivity index (χ2n) is 4.15. The number of hydrogen-bond donors (Lipinski definition) is 2. The Bertz CT molecular complexity index is 721. The van der Waals surface area contributed by atoms with E-state index in [4.69, 9.17) is 16.0 Å². The number of nitrogens with one attached hydrogen (secondary N) is 2. The van der Waals surface area contributed by atoms with E-state index in [0.717, 1.165) is 11.1 Å². The number of rotatable bonds is 3. The number of hydrogen-bond acceptors (Lipinski definition) is 6. The molecule has 0 saturated heterocycles. The second-order valence-corrected chi connectivity index (χ2v) is 4.49. The first kappa shape index (κ1) is 11.9. The molecular weight excluding hydrogens is 268 g/mol. The molecule has 0 aliphatic rings. The topological polar surface area (TPSA) is 92.5 Å². The van der Waals surface area contributed by atoms with E-state index in [9.17, 15) is 0 Å². The van der Waals surface area contributed by atoms with Crippen molar-refractivity contribution in [2.24, 2.45) is 0 Å². The van der Waals surface area contributed by atoms with Crippen molar-refractivity contribution in [3.8, 4) is 0 Å². The Labute approximate surface area is 113 Å². The summed E-state index contributed by atoms with van der Waals surface area (Å²) in [6.45, 7) is 3.77. The van der Waals surface area contributed by atoms with Crippen molar-refractivity contribution < 1.29 is 4.42 Å². The first-order chi connectivity index (χ1) is 9.13. The molecule has 8 heteroatoms. The summed E-state index contributed by atoms with van der Waals surface area (Å²) in [5.74, 6) is 1.94. The van der Waals surface area contributed by atoms with Gasteiger partial charge in [-0.3, -0.25) is 5.10 Å². The summed E-state index contributed by atoms with van der Waals surface area (Å²) in [6, 6.07) is -0.141. The lowest BCUT2D eigenvalue weighted by molar-refractivity contribution is 0.453. The molecule has 3 heterocycles. The molecule has 0 aliphatic carbocycles. The van der Waals surface area contributed by atoms with Gasteiger partial charge in [0.2, 0.25) is 11.2 Å². The van der Waals surface area contributed by atoms with Crippen LogP contribution in [0.15, 0.2) is 16.8 Å². The summed E-state index contributed by atoms with van der Waals surface area (Å²) in [5.41, 5.74) is 0.582. The quantitative estimate of drug-likeness (QED) is 0.715. The van der Waals surface area contributed by atoms with Gasteiger partial charge in [-0.05, 0) is 25.4 Å². The van der Waals surface area contributed by atoms with Crippen molar-refractivity contribution in [3.63, 3.8) is 0 Å². The standard InChI is InChI=1S/C11H11ClN6O/c1-5-3-13-10(19-5)6(2)15-8-7-4-14-18-9(7)17-11(12)16-8/h3-4,6H,1-2H3,(H2,14,15,16,17,18). The van der Waals surface area contributed by atoms with E-state index >= 15 is 0 Å². The number of fused-ring (bicyclic) bond motifs is 1. The molecule has 0 saturated carbocycles. The molecule has 3 aromatic rings. The first-order valence-electron chi connectivity index (χ1n) is 5.69. The summed E-state index contributed by atoms with van der Waals surface area (Å²) in [7, 11) is 0. The van der Waals surface area contributed by atoms with E-state index in [2.05, 4.69) is 30.5 Å². The van der Waals surface area contributed by atoms with Crippen LogP contribution in [0.1, 0.15) is 24.6 Å². The molecule has 0 bridgehead atoms. The average Bonchev–Trinajstić information content (AvgIpc) is 2.97. The Kier molecular flexibility index (Phi) is 2.83. The molecule has 3 rings (SSSR count). The molecule has 1 unspecified atom stereocenters. The zero-order valence-electron chi connectivity index (χ0n) is 10.3. The highest BCUT2D eigenvalue weighted by Crippen LogP contribution is 2.24. The fraction of sp³-hybridized carbons (Fsp3) is 0.273. The molecule has 0 fully saturated rings. The Morgan fingerprint density at radius 2 is 2.21 bits per heavy atom. The third-order valence-corrected chi connectivity index (χ3v) is 2.81. The van der Waals surface area contributed by atoms with Crippen LogP contribution in [0.3, 0.4) is 0 Å². The van der Waals surface area contributed by atoms with Gasteiger partial charge in [-0.2, -0.15) is 15.1 Å². The summed E-state index contributed by atoms with van der Waals surface area (Å²) >= 11 is 5.87. The monoisotopic (exact) mass is 278 g/mol. The molecule has 1 atom stereocenters. The van der Waals surface area contributed by atoms with E-state index in [1.807, 2.05) is 13.8 Å². The van der Waals surface area contributed by atoms with Crippen molar-refractivity contribution in [1.29, 1.82) is 0 Å². The number of H-pyrrole nitrogens is 1. The Morgan fingerprint density at radius 3 is 2.95 bits per heavy atom. The van der Waals surface area contributed by atoms with Crippen LogP contribution in [-0.2, 0) is 0 Å². The Hall–Kier alpha value is -2.15. The van der Waals surface area contributed by atoms with Crippen LogP contribution in [0.4, 0.5) is 5.82 Å². The largest absolute Gasteiger partial charge is 0.444 e. The van der Waals surface area contributed by atoms with Gasteiger partial charge < -0.3 is 9.73 Å². The maximum Gasteiger partial charge on any atom is 0.226 e. The zero-order chi connectivity index (χ0) is 13.4. The summed E-state index contributed by atoms with van der Waals surface area (Å²) in [5, 5.41) is 10.8. The highest BCUT2D eigenvalue weighted by Gasteiger charge is 2.15. The maximum atomic E-state index is 5.87. The summed E-state index contributed by atoms with van der Waals surface area (Å²) in [4.78, 5) is 12.4. The Morgan fingerprint density at radius 1 is 1.37 bits per heavy atom. The molecular formula is C11H11ClN6O. The number of nitrogens with zero attached hydrogens (tertiary/aromatic N) is 4. The van der Waals surface area contributed by atoms with E-state index in [0.29, 0.717) is 17.4 Å². The van der Waals surface area contributed by atoms with Crippen molar-refractivity contribution in [3.05, 3.63) is 29.3 Å². The molecule has 0 aromatic carbocycles. The van der Waals surface area contributed by atoms with Gasteiger partial charge in [-0.15, -0.1) is 0 Å². The lowest BCUT2D eigenvalue weighted by atomic mass is 10.3. The lowest BCUT2D eigenvalue weighted by Gasteiger charge is -2.11. The van der Waals surface area contributed by atoms with Gasteiger partial charge in [-0.1, -0.05) is 0 Å². The summed E-state index contributed by atoms with van der Waals surface area (Å²) < 4.78 is 5.47. The predicted molar refractivity (Wildman–Crippen MR) is 70.0 cm³/mol. The highest BCUT2D eigenvalue weighted by molar-refractivity contribution is 6.28. The van der Waals surface area contributed by atoms with E-state index in [1.165, 1.54) is 0 Å². The van der Waals surface area contributed by atoms with E-state index in [-0.39, 0.29) is 11.3 Å². The van der Waals surface area contributed by atoms with Crippen LogP contribution in [-0.4, -0.2) is 25.1 Å². The van der Waals surface area contributed by atoms with Gasteiger partial charge in [0.25, 0.3) is 0 Å². The van der Waals surface area contributed by atoms with Crippen LogP contribution in [0.2, 0.25) is 5.28 Å². The SMILES string of the molecule is Cc1cnc(C(C)Nc2nc(Cl)nc3[nH]ncc23)o1. The van der Waals surface area contributed by atoms with E-state index < -0.39 is 0 Å². The number of aromatic nitrogens is 5. The molecule has 0 aliphatic heterocycles. The fourth-order valence-corrected chi connectivity index (χ4v) is 1.93. The highest BCUT2D eigenvalue weighted by atomic mass is 35.5. The smallest absolute Gasteiger partial charge is 0.226 e. The second kappa shape index (κ2) is 4.51. The maximum absolute atomic E-state index is 5.87. The average molecular weight is 279 g/mol. The van der Waals surface area contributed by atoms with Gasteiger partial charge in [0.15, 0.2) is 5.65 Å². The van der Waals surface area contributed by atoms with Gasteiger partial charge in [-0.25, -0.2) is 4.98 Å².